The van der Waals surface area contributed by atoms with Crippen molar-refractivity contribution in [1.29, 1.82) is 0 Å². The summed E-state index contributed by atoms with van der Waals surface area (Å²) >= 11 is 0. The predicted octanol–water partition coefficient (Wildman–Crippen LogP) is 9.29. The zero-order chi connectivity index (χ0) is 37.7. The topological polar surface area (TPSA) is 254 Å². The van der Waals surface area contributed by atoms with Crippen LogP contribution in [0.1, 0.15) is 10.4 Å². The predicted molar refractivity (Wildman–Crippen MR) is 196 cm³/mol. The number of nitrogens with zero attached hydrogens (tertiary/aromatic N) is 6. The molecule has 6 rings (SSSR count). The average molecular weight is 733 g/mol. The van der Waals surface area contributed by atoms with Crippen LogP contribution in [0.2, 0.25) is 0 Å². The summed E-state index contributed by atoms with van der Waals surface area (Å²) in [7, 11) is -3.34. The molecule has 0 aromatic heterocycles. The molecule has 0 radical (unpaired) electrons. The lowest BCUT2D eigenvalue weighted by atomic mass is 10.1. The Morgan fingerprint density at radius 2 is 1.30 bits per heavy atom. The highest BCUT2D eigenvalue weighted by Gasteiger charge is 2.22. The molecule has 0 aliphatic rings. The molecular weight excluding hydrogens is 705 g/mol. The van der Waals surface area contributed by atoms with Gasteiger partial charge in [-0.1, -0.05) is 18.2 Å². The second kappa shape index (κ2) is 14.9. The van der Waals surface area contributed by atoms with E-state index in [0.717, 1.165) is 12.1 Å². The van der Waals surface area contributed by atoms with Crippen molar-refractivity contribution in [1.82, 2.24) is 0 Å². The summed E-state index contributed by atoms with van der Waals surface area (Å²) in [5, 5.41) is 57.3. The van der Waals surface area contributed by atoms with Gasteiger partial charge in [-0.3, -0.25) is 9.35 Å². The van der Waals surface area contributed by atoms with E-state index in [1.165, 1.54) is 43.5 Å². The molecule has 0 aliphatic carbocycles. The van der Waals surface area contributed by atoms with Gasteiger partial charge in [-0.25, -0.2) is 0 Å². The highest BCUT2D eigenvalue weighted by Crippen LogP contribution is 2.45. The number of methoxy groups -OCH3 is 1. The van der Waals surface area contributed by atoms with E-state index >= 15 is 0 Å². The fourth-order valence-electron chi connectivity index (χ4n) is 4.98. The first-order valence-electron chi connectivity index (χ1n) is 15.4. The van der Waals surface area contributed by atoms with E-state index in [2.05, 4.69) is 36.0 Å². The number of fused-ring (bicyclic) bond motifs is 1. The second-order valence-corrected chi connectivity index (χ2v) is 12.5. The molecule has 0 bridgehead atoms. The van der Waals surface area contributed by atoms with Crippen LogP contribution in [0.5, 0.6) is 23.0 Å². The number of carbonyl (C=O) groups is 1. The van der Waals surface area contributed by atoms with E-state index in [1.807, 2.05) is 0 Å². The van der Waals surface area contributed by atoms with Gasteiger partial charge in [0.2, 0.25) is 0 Å². The molecule has 53 heavy (non-hydrogen) atoms. The third-order valence-electron chi connectivity index (χ3n) is 7.62. The number of anilines is 2. The zero-order valence-corrected chi connectivity index (χ0v) is 28.3. The van der Waals surface area contributed by atoms with Gasteiger partial charge in [-0.15, -0.1) is 20.5 Å². The minimum atomic E-state index is -4.81. The van der Waals surface area contributed by atoms with Crippen molar-refractivity contribution < 1.29 is 37.8 Å². The number of rotatable bonds is 10. The van der Waals surface area contributed by atoms with Gasteiger partial charge in [-0.2, -0.15) is 18.6 Å². The molecule has 0 heterocycles. The van der Waals surface area contributed by atoms with Crippen LogP contribution in [0, 0.1) is 0 Å². The number of aromatic hydroxyl groups is 3. The van der Waals surface area contributed by atoms with Gasteiger partial charge in [0.25, 0.3) is 16.0 Å². The maximum Gasteiger partial charge on any atom is 0.295 e. The number of benzene rings is 6. The first-order chi connectivity index (χ1) is 25.4. The number of hydrogen-bond acceptors (Lipinski definition) is 14. The number of azo groups is 3. The quantitative estimate of drug-likeness (QED) is 0.0445. The van der Waals surface area contributed by atoms with Crippen molar-refractivity contribution in [2.45, 2.75) is 4.90 Å². The maximum atomic E-state index is 12.8. The standard InChI is InChI=1S/C36H28N8O8S/c1-52-31-5-3-2-4-27(31)42-43-28-17-15-25-32(53(49,50)51)19-29(34(37)33(25)35(28)47)44-40-23-12-10-21(11-13-23)38-36(48)20-6-8-22(9-7-20)39-41-26-16-14-24(45)18-30(26)46/h2-19,45-47H,37H2,1H3,(H,38,48)(H,49,50,51). The Kier molecular flexibility index (Phi) is 10.0. The molecule has 0 fully saturated rings. The molecule has 1 amide bonds. The lowest BCUT2D eigenvalue weighted by Gasteiger charge is -2.12. The number of nitrogen functional groups attached to an aromatic ring is 1. The maximum absolute atomic E-state index is 12.8. The third-order valence-corrected chi connectivity index (χ3v) is 8.52. The molecule has 0 saturated carbocycles. The van der Waals surface area contributed by atoms with Crippen molar-refractivity contribution >= 4 is 72.3 Å². The number of nitrogens with one attached hydrogen (secondary N) is 1. The summed E-state index contributed by atoms with van der Waals surface area (Å²) in [4.78, 5) is 12.3. The molecule has 6 aromatic rings. The van der Waals surface area contributed by atoms with E-state index in [1.54, 1.807) is 60.7 Å². The van der Waals surface area contributed by atoms with E-state index < -0.39 is 26.7 Å². The number of para-hydroxylation sites is 1. The summed E-state index contributed by atoms with van der Waals surface area (Å²) in [6.07, 6.45) is 0. The highest BCUT2D eigenvalue weighted by atomic mass is 32.2. The van der Waals surface area contributed by atoms with Crippen molar-refractivity contribution in [3.8, 4) is 23.0 Å². The summed E-state index contributed by atoms with van der Waals surface area (Å²) < 4.78 is 40.0. The van der Waals surface area contributed by atoms with Crippen molar-refractivity contribution in [2.24, 2.45) is 30.7 Å². The number of carbonyl (C=O) groups excluding carboxylic acids is 1. The van der Waals surface area contributed by atoms with Gasteiger partial charge in [-0.05, 0) is 84.9 Å². The minimum Gasteiger partial charge on any atom is -0.508 e. The fraction of sp³-hybridized carbons (Fsp3) is 0.0278. The Bertz CT molecular complexity index is 2560. The van der Waals surface area contributed by atoms with E-state index in [9.17, 15) is 33.1 Å². The summed E-state index contributed by atoms with van der Waals surface area (Å²) in [5.41, 5.74) is 8.02. The molecule has 266 valence electrons. The monoisotopic (exact) mass is 732 g/mol. The summed E-state index contributed by atoms with van der Waals surface area (Å²) in [5.74, 6) is -0.830. The van der Waals surface area contributed by atoms with Crippen LogP contribution in [0.25, 0.3) is 10.8 Å². The van der Waals surface area contributed by atoms with Crippen LogP contribution in [0.15, 0.2) is 145 Å². The number of hydrogen-bond donors (Lipinski definition) is 6. The molecule has 6 aromatic carbocycles. The van der Waals surface area contributed by atoms with Gasteiger partial charge >= 0.3 is 0 Å². The lowest BCUT2D eigenvalue weighted by Crippen LogP contribution is -2.11. The van der Waals surface area contributed by atoms with Gasteiger partial charge < -0.3 is 31.1 Å². The number of phenols is 3. The Balaban J connectivity index is 1.20. The third kappa shape index (κ3) is 8.06. The first kappa shape index (κ1) is 35.6. The molecular formula is C36H28N8O8S. The molecule has 0 atom stereocenters. The lowest BCUT2D eigenvalue weighted by molar-refractivity contribution is 0.102. The van der Waals surface area contributed by atoms with E-state index in [4.69, 9.17) is 10.5 Å². The Labute approximate surface area is 301 Å². The molecule has 0 aliphatic heterocycles. The van der Waals surface area contributed by atoms with Crippen molar-refractivity contribution in [2.75, 3.05) is 18.2 Å². The van der Waals surface area contributed by atoms with Gasteiger partial charge in [0.15, 0.2) is 5.75 Å². The van der Waals surface area contributed by atoms with E-state index in [0.29, 0.717) is 34.1 Å². The van der Waals surface area contributed by atoms with Gasteiger partial charge in [0.05, 0.1) is 29.6 Å². The Morgan fingerprint density at radius 1 is 0.698 bits per heavy atom. The van der Waals surface area contributed by atoms with Crippen LogP contribution in [-0.4, -0.2) is 41.3 Å². The molecule has 0 spiro atoms. The Morgan fingerprint density at radius 3 is 1.96 bits per heavy atom. The number of amides is 1. The Hall–Kier alpha value is -7.24. The molecule has 0 saturated heterocycles. The fourth-order valence-corrected chi connectivity index (χ4v) is 5.69. The first-order valence-corrected chi connectivity index (χ1v) is 16.8. The van der Waals surface area contributed by atoms with Crippen molar-refractivity contribution in [3.05, 3.63) is 115 Å². The van der Waals surface area contributed by atoms with Crippen LogP contribution >= 0.6 is 0 Å². The van der Waals surface area contributed by atoms with Crippen LogP contribution in [0.4, 0.5) is 45.5 Å². The van der Waals surface area contributed by atoms with Crippen LogP contribution in [0.3, 0.4) is 0 Å². The average Bonchev–Trinajstić information content (AvgIpc) is 3.14. The normalized spacial score (nSPS) is 11.9. The molecule has 16 nitrogen and oxygen atoms in total. The van der Waals surface area contributed by atoms with Crippen LogP contribution < -0.4 is 15.8 Å². The van der Waals surface area contributed by atoms with Crippen LogP contribution in [-0.2, 0) is 10.1 Å². The van der Waals surface area contributed by atoms with Crippen molar-refractivity contribution in [3.63, 3.8) is 0 Å². The zero-order valence-electron chi connectivity index (χ0n) is 27.5. The highest BCUT2D eigenvalue weighted by molar-refractivity contribution is 7.86. The largest absolute Gasteiger partial charge is 0.508 e. The van der Waals surface area contributed by atoms with Gasteiger partial charge in [0.1, 0.15) is 44.9 Å². The molecule has 0 unspecified atom stereocenters. The summed E-state index contributed by atoms with van der Waals surface area (Å²) in [6, 6.07) is 26.8. The number of ether oxygens (including phenoxy) is 1. The number of phenolic OH excluding ortho intramolecular Hbond substituents is 3. The van der Waals surface area contributed by atoms with Gasteiger partial charge in [0, 0.05) is 22.7 Å². The molecule has 7 N–H and O–H groups in total. The minimum absolute atomic E-state index is 0.0451. The smallest absolute Gasteiger partial charge is 0.295 e. The molecule has 17 heteroatoms. The van der Waals surface area contributed by atoms with E-state index in [-0.39, 0.29) is 45.0 Å². The number of nitrogens with two attached hydrogens (primary N) is 1. The summed E-state index contributed by atoms with van der Waals surface area (Å²) in [6.45, 7) is 0. The SMILES string of the molecule is COc1ccccc1N=Nc1ccc2c(S(=O)(=O)O)cc(N=Nc3ccc(NC(=O)c4ccc(N=Nc5ccc(O)cc5O)cc4)cc3)c(N)c2c1O. The second-order valence-electron chi connectivity index (χ2n) is 11.1.